The minimum absolute atomic E-state index is 0.0705. The van der Waals surface area contributed by atoms with Crippen molar-refractivity contribution in [2.24, 2.45) is 5.92 Å². The van der Waals surface area contributed by atoms with Gasteiger partial charge in [0.1, 0.15) is 5.78 Å². The predicted octanol–water partition coefficient (Wildman–Crippen LogP) is 3.62. The minimum atomic E-state index is -0.410. The molecule has 1 aromatic rings. The first-order valence-corrected chi connectivity index (χ1v) is 7.84. The summed E-state index contributed by atoms with van der Waals surface area (Å²) in [5.41, 5.74) is 0.804. The Morgan fingerprint density at radius 2 is 2.15 bits per heavy atom. The lowest BCUT2D eigenvalue weighted by molar-refractivity contribution is -0.124. The van der Waals surface area contributed by atoms with E-state index < -0.39 is 6.09 Å². The molecule has 0 spiro atoms. The second kappa shape index (κ2) is 7.06. The van der Waals surface area contributed by atoms with Crippen molar-refractivity contribution in [3.05, 3.63) is 27.8 Å². The lowest BCUT2D eigenvalue weighted by Gasteiger charge is -2.28. The van der Waals surface area contributed by atoms with Crippen LogP contribution in [-0.4, -0.2) is 25.5 Å². The van der Waals surface area contributed by atoms with E-state index >= 15 is 0 Å². The van der Waals surface area contributed by atoms with Crippen LogP contribution in [0, 0.1) is 9.49 Å². The third-order valence-corrected chi connectivity index (χ3v) is 4.53. The zero-order valence-corrected chi connectivity index (χ0v) is 13.6. The fraction of sp³-hybridized carbons (Fsp3) is 0.467. The fourth-order valence-corrected chi connectivity index (χ4v) is 3.20. The molecule has 0 bridgehead atoms. The number of carbonyl (C=O) groups is 2. The van der Waals surface area contributed by atoms with Gasteiger partial charge in [-0.15, -0.1) is 0 Å². The van der Waals surface area contributed by atoms with E-state index in [2.05, 4.69) is 22.6 Å². The maximum atomic E-state index is 12.0. The summed E-state index contributed by atoms with van der Waals surface area (Å²) < 4.78 is 5.84. The maximum absolute atomic E-state index is 12.0. The number of rotatable bonds is 3. The molecule has 1 fully saturated rings. The third-order valence-electron chi connectivity index (χ3n) is 3.62. The number of nitrogens with zero attached hydrogens (tertiary/aromatic N) is 1. The number of ether oxygens (including phenoxy) is 1. The van der Waals surface area contributed by atoms with Crippen molar-refractivity contribution in [3.63, 3.8) is 0 Å². The van der Waals surface area contributed by atoms with Gasteiger partial charge < -0.3 is 4.74 Å². The molecule has 20 heavy (non-hydrogen) atoms. The molecule has 4 nitrogen and oxygen atoms in total. The second-order valence-corrected chi connectivity index (χ2v) is 6.10. The quantitative estimate of drug-likeness (QED) is 0.745. The molecule has 108 valence electrons. The van der Waals surface area contributed by atoms with Crippen molar-refractivity contribution in [2.75, 3.05) is 18.6 Å². The van der Waals surface area contributed by atoms with Crippen LogP contribution in [-0.2, 0) is 9.53 Å². The van der Waals surface area contributed by atoms with Gasteiger partial charge in [0.2, 0.25) is 0 Å². The lowest BCUT2D eigenvalue weighted by atomic mass is 9.87. The summed E-state index contributed by atoms with van der Waals surface area (Å²) in [6.07, 6.45) is 3.10. The highest BCUT2D eigenvalue weighted by atomic mass is 127. The number of hydrogen-bond acceptors (Lipinski definition) is 3. The fourth-order valence-electron chi connectivity index (χ4n) is 2.52. The summed E-state index contributed by atoms with van der Waals surface area (Å²) in [6, 6.07) is 7.63. The zero-order valence-electron chi connectivity index (χ0n) is 11.5. The van der Waals surface area contributed by atoms with E-state index in [9.17, 15) is 9.59 Å². The number of amides is 1. The maximum Gasteiger partial charge on any atom is 0.414 e. The molecule has 1 aliphatic carbocycles. The van der Waals surface area contributed by atoms with Crippen LogP contribution < -0.4 is 4.90 Å². The van der Waals surface area contributed by atoms with Gasteiger partial charge in [-0.1, -0.05) is 18.6 Å². The van der Waals surface area contributed by atoms with E-state index in [0.717, 1.165) is 28.5 Å². The van der Waals surface area contributed by atoms with E-state index in [1.807, 2.05) is 24.3 Å². The molecule has 0 aliphatic heterocycles. The zero-order chi connectivity index (χ0) is 14.5. The first-order chi connectivity index (χ1) is 9.63. The number of hydrogen-bond donors (Lipinski definition) is 0. The van der Waals surface area contributed by atoms with Crippen molar-refractivity contribution >= 4 is 40.2 Å². The number of benzene rings is 1. The smallest absolute Gasteiger partial charge is 0.414 e. The molecule has 1 aliphatic rings. The lowest BCUT2D eigenvalue weighted by Crippen LogP contribution is -2.39. The van der Waals surface area contributed by atoms with Crippen molar-refractivity contribution < 1.29 is 14.3 Å². The molecule has 1 amide bonds. The van der Waals surface area contributed by atoms with Crippen LogP contribution in [0.5, 0.6) is 0 Å². The van der Waals surface area contributed by atoms with Gasteiger partial charge >= 0.3 is 6.09 Å². The average molecular weight is 387 g/mol. The molecular formula is C15H18INO3. The van der Waals surface area contributed by atoms with Crippen molar-refractivity contribution in [2.45, 2.75) is 25.7 Å². The number of para-hydroxylation sites is 1. The topological polar surface area (TPSA) is 46.6 Å². The summed E-state index contributed by atoms with van der Waals surface area (Å²) in [5.74, 6) is 0.190. The van der Waals surface area contributed by atoms with Gasteiger partial charge in [0.05, 0.1) is 12.8 Å². The molecule has 1 unspecified atom stereocenters. The van der Waals surface area contributed by atoms with Crippen LogP contribution in [0.3, 0.4) is 0 Å². The summed E-state index contributed by atoms with van der Waals surface area (Å²) >= 11 is 2.19. The molecule has 0 saturated heterocycles. The molecule has 1 atom stereocenters. The van der Waals surface area contributed by atoms with Gasteiger partial charge in [-0.2, -0.15) is 0 Å². The van der Waals surface area contributed by atoms with Crippen LogP contribution >= 0.6 is 22.6 Å². The summed E-state index contributed by atoms with van der Waals surface area (Å²) in [4.78, 5) is 25.6. The third kappa shape index (κ3) is 3.50. The number of Topliss-reactive ketones (excluding diaryl/α,β-unsaturated/α-hetero) is 1. The number of ketones is 1. The number of carbonyl (C=O) groups excluding carboxylic acids is 2. The van der Waals surface area contributed by atoms with Crippen LogP contribution in [0.15, 0.2) is 24.3 Å². The van der Waals surface area contributed by atoms with Gasteiger partial charge in [0.25, 0.3) is 0 Å². The number of halogens is 1. The van der Waals surface area contributed by atoms with E-state index in [0.29, 0.717) is 13.0 Å². The minimum Gasteiger partial charge on any atom is -0.452 e. The average Bonchev–Trinajstić information content (AvgIpc) is 2.47. The SMILES string of the molecule is COC(=O)N(CC1CCCCC1=O)c1ccccc1I. The molecule has 2 rings (SSSR count). The Labute approximate surface area is 132 Å². The standard InChI is InChI=1S/C15H18INO3/c1-20-15(19)17(13-8-4-3-7-12(13)16)10-11-6-2-5-9-14(11)18/h3-4,7-8,11H,2,5-6,9-10H2,1H3. The van der Waals surface area contributed by atoms with Gasteiger partial charge in [-0.3, -0.25) is 9.69 Å². The van der Waals surface area contributed by atoms with E-state index in [4.69, 9.17) is 4.74 Å². The summed E-state index contributed by atoms with van der Waals surface area (Å²) in [5, 5.41) is 0. The Hall–Kier alpha value is -1.11. The van der Waals surface area contributed by atoms with Crippen LogP contribution in [0.2, 0.25) is 0 Å². The summed E-state index contributed by atoms with van der Waals surface area (Å²) in [7, 11) is 1.37. The second-order valence-electron chi connectivity index (χ2n) is 4.94. The number of anilines is 1. The van der Waals surface area contributed by atoms with Gasteiger partial charge in [-0.05, 0) is 47.6 Å². The molecule has 0 radical (unpaired) electrons. The Bertz CT molecular complexity index is 504. The van der Waals surface area contributed by atoms with Crippen molar-refractivity contribution in [1.82, 2.24) is 0 Å². The predicted molar refractivity (Wildman–Crippen MR) is 85.9 cm³/mol. The van der Waals surface area contributed by atoms with E-state index in [1.165, 1.54) is 7.11 Å². The van der Waals surface area contributed by atoms with E-state index in [-0.39, 0.29) is 11.7 Å². The molecule has 0 heterocycles. The largest absolute Gasteiger partial charge is 0.452 e. The normalized spacial score (nSPS) is 18.7. The highest BCUT2D eigenvalue weighted by Crippen LogP contribution is 2.27. The van der Waals surface area contributed by atoms with Crippen LogP contribution in [0.1, 0.15) is 25.7 Å². The highest BCUT2D eigenvalue weighted by Gasteiger charge is 2.28. The van der Waals surface area contributed by atoms with Gasteiger partial charge in [0.15, 0.2) is 0 Å². The number of methoxy groups -OCH3 is 1. The van der Waals surface area contributed by atoms with Crippen LogP contribution in [0.4, 0.5) is 10.5 Å². The monoisotopic (exact) mass is 387 g/mol. The van der Waals surface area contributed by atoms with Crippen molar-refractivity contribution in [1.29, 1.82) is 0 Å². The molecule has 0 N–H and O–H groups in total. The van der Waals surface area contributed by atoms with E-state index in [1.54, 1.807) is 4.90 Å². The first-order valence-electron chi connectivity index (χ1n) is 6.76. The Morgan fingerprint density at radius 1 is 1.40 bits per heavy atom. The Balaban J connectivity index is 2.22. The van der Waals surface area contributed by atoms with Crippen molar-refractivity contribution in [3.8, 4) is 0 Å². The Kier molecular flexibility index (Phi) is 5.39. The molecule has 0 aromatic heterocycles. The highest BCUT2D eigenvalue weighted by molar-refractivity contribution is 14.1. The van der Waals surface area contributed by atoms with Crippen LogP contribution in [0.25, 0.3) is 0 Å². The van der Waals surface area contributed by atoms with Gasteiger partial charge in [-0.25, -0.2) is 4.79 Å². The molecular weight excluding hydrogens is 369 g/mol. The molecule has 1 aromatic carbocycles. The molecule has 1 saturated carbocycles. The Morgan fingerprint density at radius 3 is 2.80 bits per heavy atom. The molecule has 5 heteroatoms. The summed E-state index contributed by atoms with van der Waals surface area (Å²) in [6.45, 7) is 0.408. The first kappa shape index (κ1) is 15.3. The van der Waals surface area contributed by atoms with Gasteiger partial charge in [0, 0.05) is 22.5 Å².